The molecule has 0 saturated heterocycles. The first kappa shape index (κ1) is 13.2. The monoisotopic (exact) mass is 281 g/mol. The molecular formula is C17H15NO3. The van der Waals surface area contributed by atoms with Crippen LogP contribution >= 0.6 is 0 Å². The van der Waals surface area contributed by atoms with E-state index in [2.05, 4.69) is 0 Å². The van der Waals surface area contributed by atoms with Gasteiger partial charge in [-0.1, -0.05) is 12.1 Å². The van der Waals surface area contributed by atoms with Gasteiger partial charge in [-0.2, -0.15) is 0 Å². The van der Waals surface area contributed by atoms with Crippen molar-refractivity contribution in [3.05, 3.63) is 58.8 Å². The second-order valence-corrected chi connectivity index (χ2v) is 4.64. The van der Waals surface area contributed by atoms with E-state index >= 15 is 0 Å². The molecule has 3 rings (SSSR count). The number of benzene rings is 2. The Kier molecular flexibility index (Phi) is 3.36. The summed E-state index contributed by atoms with van der Waals surface area (Å²) in [6, 6.07) is 14.3. The topological polar surface area (TPSA) is 65.5 Å². The first-order valence-corrected chi connectivity index (χ1v) is 6.75. The average Bonchev–Trinajstić information content (AvgIpc) is 2.51. The van der Waals surface area contributed by atoms with Gasteiger partial charge in [-0.05, 0) is 43.3 Å². The Morgan fingerprint density at radius 1 is 1.10 bits per heavy atom. The minimum absolute atomic E-state index is 0.162. The molecule has 3 aromatic rings. The van der Waals surface area contributed by atoms with Crippen LogP contribution in [0.25, 0.3) is 22.3 Å². The van der Waals surface area contributed by atoms with Crippen LogP contribution in [0.2, 0.25) is 0 Å². The summed E-state index contributed by atoms with van der Waals surface area (Å²) in [5, 5.41) is 0.514. The summed E-state index contributed by atoms with van der Waals surface area (Å²) < 4.78 is 11.4. The molecule has 0 bridgehead atoms. The summed E-state index contributed by atoms with van der Waals surface area (Å²) in [5.74, 6) is 0.668. The largest absolute Gasteiger partial charge is 0.487 e. The minimum Gasteiger partial charge on any atom is -0.487 e. The Bertz CT molecular complexity index is 835. The Balaban J connectivity index is 2.32. The lowest BCUT2D eigenvalue weighted by molar-refractivity contribution is 0.330. The van der Waals surface area contributed by atoms with Crippen LogP contribution < -0.4 is 15.9 Å². The van der Waals surface area contributed by atoms with E-state index in [9.17, 15) is 4.79 Å². The summed E-state index contributed by atoms with van der Waals surface area (Å²) in [6.45, 7) is 2.23. The van der Waals surface area contributed by atoms with Crippen molar-refractivity contribution >= 4 is 16.7 Å². The SMILES string of the molecule is CCOc1c(-c2ccc(N)cc2)oc2ccccc2c1=O. The Labute approximate surface area is 121 Å². The average molecular weight is 281 g/mol. The number of ether oxygens (including phenoxy) is 1. The van der Waals surface area contributed by atoms with Crippen LogP contribution in [0, 0.1) is 0 Å². The maximum Gasteiger partial charge on any atom is 0.235 e. The Hall–Kier alpha value is -2.75. The van der Waals surface area contributed by atoms with Crippen LogP contribution in [0.15, 0.2) is 57.7 Å². The Morgan fingerprint density at radius 3 is 2.52 bits per heavy atom. The molecule has 0 fully saturated rings. The van der Waals surface area contributed by atoms with Gasteiger partial charge in [0.1, 0.15) is 5.58 Å². The first-order chi connectivity index (χ1) is 10.2. The van der Waals surface area contributed by atoms with E-state index in [1.165, 1.54) is 0 Å². The van der Waals surface area contributed by atoms with Crippen LogP contribution in [-0.4, -0.2) is 6.61 Å². The molecule has 0 spiro atoms. The number of nitrogen functional groups attached to an aromatic ring is 1. The van der Waals surface area contributed by atoms with E-state index in [0.717, 1.165) is 5.56 Å². The number of hydrogen-bond acceptors (Lipinski definition) is 4. The van der Waals surface area contributed by atoms with Gasteiger partial charge >= 0.3 is 0 Å². The molecule has 0 aliphatic carbocycles. The third-order valence-electron chi connectivity index (χ3n) is 3.22. The number of fused-ring (bicyclic) bond motifs is 1. The molecule has 0 amide bonds. The zero-order valence-electron chi connectivity index (χ0n) is 11.6. The molecule has 0 aliphatic heterocycles. The third kappa shape index (κ3) is 2.36. The quantitative estimate of drug-likeness (QED) is 0.747. The van der Waals surface area contributed by atoms with Gasteiger partial charge in [-0.3, -0.25) is 4.79 Å². The first-order valence-electron chi connectivity index (χ1n) is 6.75. The molecule has 0 saturated carbocycles. The second-order valence-electron chi connectivity index (χ2n) is 4.64. The molecule has 2 aromatic carbocycles. The molecular weight excluding hydrogens is 266 g/mol. The molecule has 1 heterocycles. The minimum atomic E-state index is -0.162. The predicted molar refractivity (Wildman–Crippen MR) is 83.5 cm³/mol. The zero-order valence-corrected chi connectivity index (χ0v) is 11.6. The number of para-hydroxylation sites is 1. The van der Waals surface area contributed by atoms with Gasteiger partial charge in [-0.15, -0.1) is 0 Å². The van der Waals surface area contributed by atoms with Gasteiger partial charge in [0.05, 0.1) is 12.0 Å². The van der Waals surface area contributed by atoms with Crippen LogP contribution in [-0.2, 0) is 0 Å². The summed E-state index contributed by atoms with van der Waals surface area (Å²) in [6.07, 6.45) is 0. The van der Waals surface area contributed by atoms with E-state index < -0.39 is 0 Å². The molecule has 4 heteroatoms. The lowest BCUT2D eigenvalue weighted by Crippen LogP contribution is -2.09. The number of anilines is 1. The highest BCUT2D eigenvalue weighted by Crippen LogP contribution is 2.31. The van der Waals surface area contributed by atoms with Crippen LogP contribution in [0.5, 0.6) is 5.75 Å². The predicted octanol–water partition coefficient (Wildman–Crippen LogP) is 3.44. The maximum absolute atomic E-state index is 12.6. The molecule has 106 valence electrons. The van der Waals surface area contributed by atoms with E-state index in [0.29, 0.717) is 29.0 Å². The Morgan fingerprint density at radius 2 is 1.81 bits per heavy atom. The van der Waals surface area contributed by atoms with Crippen molar-refractivity contribution in [1.29, 1.82) is 0 Å². The molecule has 0 aliphatic rings. The molecule has 1 aromatic heterocycles. The lowest BCUT2D eigenvalue weighted by atomic mass is 10.1. The van der Waals surface area contributed by atoms with Crippen molar-refractivity contribution in [1.82, 2.24) is 0 Å². The van der Waals surface area contributed by atoms with Crippen LogP contribution in [0.4, 0.5) is 5.69 Å². The normalized spacial score (nSPS) is 10.7. The smallest absolute Gasteiger partial charge is 0.235 e. The fourth-order valence-corrected chi connectivity index (χ4v) is 2.22. The summed E-state index contributed by atoms with van der Waals surface area (Å²) in [5.41, 5.74) is 7.49. The van der Waals surface area contributed by atoms with E-state index in [1.807, 2.05) is 25.1 Å². The summed E-state index contributed by atoms with van der Waals surface area (Å²) in [7, 11) is 0. The van der Waals surface area contributed by atoms with Gasteiger partial charge in [0, 0.05) is 11.3 Å². The van der Waals surface area contributed by atoms with Gasteiger partial charge in [0.25, 0.3) is 0 Å². The fraction of sp³-hybridized carbons (Fsp3) is 0.118. The van der Waals surface area contributed by atoms with Gasteiger partial charge < -0.3 is 14.9 Å². The highest BCUT2D eigenvalue weighted by molar-refractivity contribution is 5.82. The number of hydrogen-bond donors (Lipinski definition) is 1. The van der Waals surface area contributed by atoms with Gasteiger partial charge in [0.15, 0.2) is 5.76 Å². The van der Waals surface area contributed by atoms with E-state index in [-0.39, 0.29) is 11.2 Å². The van der Waals surface area contributed by atoms with Gasteiger partial charge in [-0.25, -0.2) is 0 Å². The molecule has 0 radical (unpaired) electrons. The van der Waals surface area contributed by atoms with Crippen LogP contribution in [0.1, 0.15) is 6.92 Å². The standard InChI is InChI=1S/C17H15NO3/c1-2-20-17-15(19)13-5-3-4-6-14(13)21-16(17)11-7-9-12(18)10-8-11/h3-10H,2,18H2,1H3. The van der Waals surface area contributed by atoms with E-state index in [1.54, 1.807) is 30.3 Å². The molecule has 21 heavy (non-hydrogen) atoms. The number of rotatable bonds is 3. The third-order valence-corrected chi connectivity index (χ3v) is 3.22. The lowest BCUT2D eigenvalue weighted by Gasteiger charge is -2.10. The van der Waals surface area contributed by atoms with Crippen molar-refractivity contribution in [3.8, 4) is 17.1 Å². The highest BCUT2D eigenvalue weighted by atomic mass is 16.5. The molecule has 4 nitrogen and oxygen atoms in total. The van der Waals surface area contributed by atoms with Crippen molar-refractivity contribution in [3.63, 3.8) is 0 Å². The molecule has 0 unspecified atom stereocenters. The summed E-state index contributed by atoms with van der Waals surface area (Å²) in [4.78, 5) is 12.6. The zero-order chi connectivity index (χ0) is 14.8. The molecule has 2 N–H and O–H groups in total. The van der Waals surface area contributed by atoms with Crippen molar-refractivity contribution < 1.29 is 9.15 Å². The van der Waals surface area contributed by atoms with Crippen molar-refractivity contribution in [2.45, 2.75) is 6.92 Å². The second kappa shape index (κ2) is 5.32. The van der Waals surface area contributed by atoms with Crippen molar-refractivity contribution in [2.24, 2.45) is 0 Å². The van der Waals surface area contributed by atoms with Gasteiger partial charge in [0.2, 0.25) is 11.2 Å². The number of nitrogens with two attached hydrogens (primary N) is 1. The van der Waals surface area contributed by atoms with Crippen molar-refractivity contribution in [2.75, 3.05) is 12.3 Å². The fourth-order valence-electron chi connectivity index (χ4n) is 2.22. The van der Waals surface area contributed by atoms with Crippen LogP contribution in [0.3, 0.4) is 0 Å². The van der Waals surface area contributed by atoms with E-state index in [4.69, 9.17) is 14.9 Å². The highest BCUT2D eigenvalue weighted by Gasteiger charge is 2.16. The maximum atomic E-state index is 12.6. The summed E-state index contributed by atoms with van der Waals surface area (Å²) >= 11 is 0. The molecule has 0 atom stereocenters.